The van der Waals surface area contributed by atoms with E-state index in [1.165, 1.54) is 0 Å². The third-order valence-corrected chi connectivity index (χ3v) is 4.97. The lowest BCUT2D eigenvalue weighted by Gasteiger charge is -2.33. The van der Waals surface area contributed by atoms with Gasteiger partial charge in [-0.2, -0.15) is 0 Å². The smallest absolute Gasteiger partial charge is 0.319 e. The van der Waals surface area contributed by atoms with Crippen LogP contribution in [-0.4, -0.2) is 12.0 Å². The molecule has 2 aromatic rings. The summed E-state index contributed by atoms with van der Waals surface area (Å²) in [6, 6.07) is 16.2. The molecule has 2 aromatic carbocycles. The van der Waals surface area contributed by atoms with E-state index < -0.39 is 17.9 Å². The lowest BCUT2D eigenvalue weighted by Crippen LogP contribution is -2.51. The molecule has 6 heteroatoms. The monoisotopic (exact) mass is 448 g/mol. The zero-order valence-corrected chi connectivity index (χ0v) is 15.5. The Kier molecular flexibility index (Phi) is 5.37. The Labute approximate surface area is 159 Å². The van der Waals surface area contributed by atoms with Crippen LogP contribution in [0.4, 0.5) is 4.79 Å². The summed E-state index contributed by atoms with van der Waals surface area (Å²) < 4.78 is 6.43. The molecule has 1 saturated heterocycles. The first-order valence-corrected chi connectivity index (χ1v) is 8.85. The van der Waals surface area contributed by atoms with Crippen LogP contribution in [0.25, 0.3) is 0 Å². The molecule has 1 aliphatic heterocycles. The first-order valence-electron chi connectivity index (χ1n) is 7.77. The normalized spacial score (nSPS) is 19.7. The van der Waals surface area contributed by atoms with Crippen molar-refractivity contribution in [1.29, 1.82) is 0 Å². The Balaban J connectivity index is 1.82. The van der Waals surface area contributed by atoms with Gasteiger partial charge in [0.25, 0.3) is 0 Å². The van der Waals surface area contributed by atoms with Crippen LogP contribution in [0.15, 0.2) is 66.9 Å². The highest BCUT2D eigenvalue weighted by atomic mass is 127. The van der Waals surface area contributed by atoms with E-state index in [-0.39, 0.29) is 12.6 Å². The molecule has 25 heavy (non-hydrogen) atoms. The first kappa shape index (κ1) is 17.5. The number of rotatable bonds is 4. The van der Waals surface area contributed by atoms with E-state index in [2.05, 4.69) is 39.8 Å². The van der Waals surface area contributed by atoms with Crippen LogP contribution in [0.1, 0.15) is 17.2 Å². The summed E-state index contributed by atoms with van der Waals surface area (Å²) in [6.45, 7) is 4.03. The number of esters is 1. The average Bonchev–Trinajstić information content (AvgIpc) is 2.60. The van der Waals surface area contributed by atoms with Crippen LogP contribution in [0, 0.1) is 9.49 Å². The Hall–Kier alpha value is -2.35. The molecular formula is C19H17IN2O3. The molecule has 0 saturated carbocycles. The van der Waals surface area contributed by atoms with Gasteiger partial charge < -0.3 is 15.4 Å². The highest BCUT2D eigenvalue weighted by Crippen LogP contribution is 2.32. The fourth-order valence-corrected chi connectivity index (χ4v) is 3.49. The van der Waals surface area contributed by atoms with Crippen molar-refractivity contribution in [2.45, 2.75) is 12.6 Å². The fourth-order valence-electron chi connectivity index (χ4n) is 2.77. The molecule has 1 aliphatic rings. The van der Waals surface area contributed by atoms with E-state index in [0.717, 1.165) is 14.7 Å². The molecule has 0 radical (unpaired) electrons. The minimum atomic E-state index is -0.697. The maximum atomic E-state index is 12.7. The van der Waals surface area contributed by atoms with Gasteiger partial charge in [0.15, 0.2) is 0 Å². The summed E-state index contributed by atoms with van der Waals surface area (Å²) >= 11 is 2.19. The molecule has 2 N–H and O–H groups in total. The van der Waals surface area contributed by atoms with Crippen molar-refractivity contribution >= 4 is 34.6 Å². The van der Waals surface area contributed by atoms with Gasteiger partial charge in [0.1, 0.15) is 12.5 Å². The van der Waals surface area contributed by atoms with E-state index in [1.807, 2.05) is 54.6 Å². The standard InChI is InChI=1S/C19H17IN2O3/c1-12-16(18(23)25-11-13-7-3-2-4-8-13)17(22-19(24)21-12)14-9-5-6-10-15(14)20/h2-10,16-17H,1,11H2,(H2,21,22,24). The molecule has 128 valence electrons. The Morgan fingerprint density at radius 3 is 2.52 bits per heavy atom. The molecule has 0 aliphatic carbocycles. The Morgan fingerprint density at radius 1 is 1.12 bits per heavy atom. The number of urea groups is 1. The van der Waals surface area contributed by atoms with Gasteiger partial charge >= 0.3 is 12.0 Å². The highest BCUT2D eigenvalue weighted by molar-refractivity contribution is 14.1. The topological polar surface area (TPSA) is 67.4 Å². The molecule has 2 amide bonds. The molecule has 2 unspecified atom stereocenters. The van der Waals surface area contributed by atoms with Gasteiger partial charge in [0.05, 0.1) is 6.04 Å². The van der Waals surface area contributed by atoms with Crippen molar-refractivity contribution in [3.63, 3.8) is 0 Å². The van der Waals surface area contributed by atoms with Crippen LogP contribution >= 0.6 is 22.6 Å². The number of carbonyl (C=O) groups excluding carboxylic acids is 2. The minimum Gasteiger partial charge on any atom is -0.460 e. The third-order valence-electron chi connectivity index (χ3n) is 3.99. The molecule has 0 bridgehead atoms. The van der Waals surface area contributed by atoms with Gasteiger partial charge in [-0.1, -0.05) is 55.1 Å². The Bertz CT molecular complexity index is 807. The molecular weight excluding hydrogens is 431 g/mol. The van der Waals surface area contributed by atoms with Gasteiger partial charge in [-0.05, 0) is 39.8 Å². The van der Waals surface area contributed by atoms with E-state index in [9.17, 15) is 9.59 Å². The molecule has 1 fully saturated rings. The Morgan fingerprint density at radius 2 is 1.80 bits per heavy atom. The van der Waals surface area contributed by atoms with Gasteiger partial charge in [0, 0.05) is 9.27 Å². The van der Waals surface area contributed by atoms with E-state index in [4.69, 9.17) is 4.74 Å². The van der Waals surface area contributed by atoms with Crippen LogP contribution in [0.5, 0.6) is 0 Å². The predicted molar refractivity (Wildman–Crippen MR) is 102 cm³/mol. The number of benzene rings is 2. The number of nitrogens with one attached hydrogen (secondary N) is 2. The molecule has 1 heterocycles. The largest absolute Gasteiger partial charge is 0.460 e. The van der Waals surface area contributed by atoms with Gasteiger partial charge in [0.2, 0.25) is 0 Å². The van der Waals surface area contributed by atoms with Crippen molar-refractivity contribution in [2.24, 2.45) is 5.92 Å². The second kappa shape index (κ2) is 7.69. The van der Waals surface area contributed by atoms with Gasteiger partial charge in [-0.3, -0.25) is 4.79 Å². The van der Waals surface area contributed by atoms with E-state index in [1.54, 1.807) is 0 Å². The summed E-state index contributed by atoms with van der Waals surface area (Å²) in [6.07, 6.45) is 0. The van der Waals surface area contributed by atoms with Gasteiger partial charge in [-0.25, -0.2) is 4.79 Å². The highest BCUT2D eigenvalue weighted by Gasteiger charge is 2.39. The predicted octanol–water partition coefficient (Wildman–Crippen LogP) is 3.52. The second-order valence-corrected chi connectivity index (χ2v) is 6.86. The van der Waals surface area contributed by atoms with Gasteiger partial charge in [-0.15, -0.1) is 0 Å². The maximum Gasteiger partial charge on any atom is 0.319 e. The minimum absolute atomic E-state index is 0.177. The number of amides is 2. The summed E-state index contributed by atoms with van der Waals surface area (Å²) in [4.78, 5) is 24.6. The van der Waals surface area contributed by atoms with Crippen LogP contribution in [-0.2, 0) is 16.1 Å². The summed E-state index contributed by atoms with van der Waals surface area (Å²) in [5, 5.41) is 5.40. The van der Waals surface area contributed by atoms with Crippen molar-refractivity contribution in [3.8, 4) is 0 Å². The molecule has 5 nitrogen and oxygen atoms in total. The van der Waals surface area contributed by atoms with Crippen LogP contribution in [0.3, 0.4) is 0 Å². The zero-order chi connectivity index (χ0) is 17.8. The van der Waals surface area contributed by atoms with E-state index in [0.29, 0.717) is 5.70 Å². The molecule has 3 rings (SSSR count). The van der Waals surface area contributed by atoms with Crippen molar-refractivity contribution in [3.05, 3.63) is 81.6 Å². The summed E-state index contributed by atoms with van der Waals surface area (Å²) in [7, 11) is 0. The van der Waals surface area contributed by atoms with Crippen molar-refractivity contribution < 1.29 is 14.3 Å². The third kappa shape index (κ3) is 4.01. The molecule has 0 aromatic heterocycles. The fraction of sp³-hybridized carbons (Fsp3) is 0.158. The SMILES string of the molecule is C=C1NC(=O)NC(c2ccccc2I)C1C(=O)OCc1ccccc1. The average molecular weight is 448 g/mol. The lowest BCUT2D eigenvalue weighted by molar-refractivity contribution is -0.149. The number of halogens is 1. The van der Waals surface area contributed by atoms with Crippen LogP contribution in [0.2, 0.25) is 0 Å². The number of ether oxygens (including phenoxy) is 1. The number of hydrogen-bond acceptors (Lipinski definition) is 3. The zero-order valence-electron chi connectivity index (χ0n) is 13.4. The lowest BCUT2D eigenvalue weighted by atomic mass is 9.89. The second-order valence-electron chi connectivity index (χ2n) is 5.69. The first-order chi connectivity index (χ1) is 12.1. The number of hydrogen-bond donors (Lipinski definition) is 2. The van der Waals surface area contributed by atoms with Crippen molar-refractivity contribution in [2.75, 3.05) is 0 Å². The maximum absolute atomic E-state index is 12.7. The van der Waals surface area contributed by atoms with Crippen molar-refractivity contribution in [1.82, 2.24) is 10.6 Å². The van der Waals surface area contributed by atoms with E-state index >= 15 is 0 Å². The molecule has 2 atom stereocenters. The summed E-state index contributed by atoms with van der Waals surface area (Å²) in [5.41, 5.74) is 2.10. The number of carbonyl (C=O) groups is 2. The van der Waals surface area contributed by atoms with Crippen LogP contribution < -0.4 is 10.6 Å². The summed E-state index contributed by atoms with van der Waals surface area (Å²) in [5.74, 6) is -1.12. The quantitative estimate of drug-likeness (QED) is 0.556. The molecule has 0 spiro atoms.